The van der Waals surface area contributed by atoms with Gasteiger partial charge in [0.05, 0.1) is 11.3 Å². The van der Waals surface area contributed by atoms with Crippen LogP contribution in [0.2, 0.25) is 0 Å². The number of tetrazole rings is 1. The fourth-order valence-electron chi connectivity index (χ4n) is 1.34. The molecule has 0 aliphatic rings. The van der Waals surface area contributed by atoms with E-state index in [0.717, 1.165) is 0 Å². The average molecular weight is 233 g/mol. The summed E-state index contributed by atoms with van der Waals surface area (Å²) in [7, 11) is 0. The van der Waals surface area contributed by atoms with E-state index in [2.05, 4.69) is 25.9 Å². The number of carboxylic acids is 1. The second-order valence-electron chi connectivity index (χ2n) is 3.06. The Labute approximate surface area is 94.7 Å². The first-order valence-electron chi connectivity index (χ1n) is 4.53. The maximum absolute atomic E-state index is 10.9. The number of anilines is 1. The van der Waals surface area contributed by atoms with Crippen molar-refractivity contribution in [3.05, 3.63) is 23.8 Å². The molecule has 0 bridgehead atoms. The smallest absolute Gasteiger partial charge is 0.337 e. The number of H-pyrrole nitrogens is 1. The molecule has 2 aromatic rings. The normalized spacial score (nSPS) is 9.88. The van der Waals surface area contributed by atoms with E-state index in [-0.39, 0.29) is 11.3 Å². The number of carbonyl (C=O) groups excluding carboxylic acids is 1. The number of hydrogen-bond donors (Lipinski definition) is 3. The molecule has 0 saturated heterocycles. The van der Waals surface area contributed by atoms with E-state index in [1.807, 2.05) is 0 Å². The van der Waals surface area contributed by atoms with Gasteiger partial charge in [-0.05, 0) is 17.3 Å². The van der Waals surface area contributed by atoms with Gasteiger partial charge in [0.1, 0.15) is 0 Å². The molecule has 1 amide bonds. The van der Waals surface area contributed by atoms with Crippen LogP contribution in [0.5, 0.6) is 0 Å². The number of amides is 1. The van der Waals surface area contributed by atoms with Crippen LogP contribution in [0.25, 0.3) is 11.4 Å². The molecule has 0 fully saturated rings. The van der Waals surface area contributed by atoms with E-state index < -0.39 is 5.97 Å². The molecule has 0 atom stereocenters. The predicted octanol–water partition coefficient (Wildman–Crippen LogP) is 0.133. The third kappa shape index (κ3) is 2.09. The molecule has 0 unspecified atom stereocenters. The molecular formula is C9H7N5O3. The minimum Gasteiger partial charge on any atom is -0.478 e. The van der Waals surface area contributed by atoms with Crippen molar-refractivity contribution in [2.24, 2.45) is 0 Å². The molecule has 1 aromatic carbocycles. The van der Waals surface area contributed by atoms with E-state index in [9.17, 15) is 9.59 Å². The van der Waals surface area contributed by atoms with Crippen molar-refractivity contribution >= 4 is 18.1 Å². The number of benzene rings is 1. The Morgan fingerprint density at radius 2 is 2.29 bits per heavy atom. The molecule has 0 spiro atoms. The van der Waals surface area contributed by atoms with Crippen LogP contribution >= 0.6 is 0 Å². The lowest BCUT2D eigenvalue weighted by Gasteiger charge is -2.05. The largest absolute Gasteiger partial charge is 0.478 e. The predicted molar refractivity (Wildman–Crippen MR) is 56.3 cm³/mol. The second-order valence-corrected chi connectivity index (χ2v) is 3.06. The van der Waals surface area contributed by atoms with Gasteiger partial charge in [0.2, 0.25) is 12.2 Å². The monoisotopic (exact) mass is 233 g/mol. The quantitative estimate of drug-likeness (QED) is 0.645. The first kappa shape index (κ1) is 10.7. The summed E-state index contributed by atoms with van der Waals surface area (Å²) in [6.07, 6.45) is 0.405. The van der Waals surface area contributed by atoms with Gasteiger partial charge in [-0.25, -0.2) is 4.79 Å². The molecule has 3 N–H and O–H groups in total. The number of aromatic amines is 1. The van der Waals surface area contributed by atoms with Gasteiger partial charge >= 0.3 is 5.97 Å². The number of carboxylic acid groups (broad SMARTS) is 1. The number of hydrogen-bond acceptors (Lipinski definition) is 5. The van der Waals surface area contributed by atoms with Crippen molar-refractivity contribution in [1.82, 2.24) is 20.6 Å². The van der Waals surface area contributed by atoms with Crippen molar-refractivity contribution in [3.63, 3.8) is 0 Å². The van der Waals surface area contributed by atoms with Crippen LogP contribution in [0.15, 0.2) is 18.2 Å². The Hall–Kier alpha value is -2.77. The van der Waals surface area contributed by atoms with Gasteiger partial charge in [-0.15, -0.1) is 10.2 Å². The maximum Gasteiger partial charge on any atom is 0.337 e. The third-order valence-corrected chi connectivity index (χ3v) is 2.07. The number of nitrogens with zero attached hydrogens (tertiary/aromatic N) is 3. The van der Waals surface area contributed by atoms with Crippen LogP contribution < -0.4 is 5.32 Å². The van der Waals surface area contributed by atoms with Crippen molar-refractivity contribution in [2.75, 3.05) is 5.32 Å². The molecule has 0 radical (unpaired) electrons. The number of carbonyl (C=O) groups is 2. The summed E-state index contributed by atoms with van der Waals surface area (Å²) in [5, 5.41) is 24.4. The van der Waals surface area contributed by atoms with Gasteiger partial charge < -0.3 is 10.4 Å². The van der Waals surface area contributed by atoms with Gasteiger partial charge in [0.15, 0.2) is 0 Å². The number of aromatic carboxylic acids is 1. The maximum atomic E-state index is 10.9. The average Bonchev–Trinajstić information content (AvgIpc) is 2.82. The standard InChI is InChI=1S/C9H7N5O3/c15-4-10-7-3-5(8-11-13-14-12-8)1-2-6(7)9(16)17/h1-4H,(H,10,15)(H,16,17)(H,11,12,13,14). The first-order chi connectivity index (χ1) is 8.22. The molecule has 17 heavy (non-hydrogen) atoms. The van der Waals surface area contributed by atoms with Crippen LogP contribution in [0.1, 0.15) is 10.4 Å². The number of rotatable bonds is 4. The Balaban J connectivity index is 2.49. The molecule has 1 heterocycles. The molecule has 2 rings (SSSR count). The van der Waals surface area contributed by atoms with Gasteiger partial charge in [0.25, 0.3) is 0 Å². The van der Waals surface area contributed by atoms with Crippen LogP contribution in [0.3, 0.4) is 0 Å². The third-order valence-electron chi connectivity index (χ3n) is 2.07. The molecule has 0 aliphatic carbocycles. The fourth-order valence-corrected chi connectivity index (χ4v) is 1.34. The van der Waals surface area contributed by atoms with E-state index in [1.165, 1.54) is 18.2 Å². The summed E-state index contributed by atoms with van der Waals surface area (Å²) in [5.41, 5.74) is 0.715. The Morgan fingerprint density at radius 1 is 1.47 bits per heavy atom. The zero-order valence-corrected chi connectivity index (χ0v) is 8.41. The molecule has 1 aromatic heterocycles. The molecule has 86 valence electrons. The van der Waals surface area contributed by atoms with Crippen molar-refractivity contribution in [2.45, 2.75) is 0 Å². The fraction of sp³-hybridized carbons (Fsp3) is 0. The van der Waals surface area contributed by atoms with Gasteiger partial charge in [-0.1, -0.05) is 6.07 Å². The SMILES string of the molecule is O=CNc1cc(-c2nn[nH]n2)ccc1C(=O)O. The molecule has 0 aliphatic heterocycles. The first-order valence-corrected chi connectivity index (χ1v) is 4.53. The minimum absolute atomic E-state index is 0.00987. The zero-order chi connectivity index (χ0) is 12.3. The highest BCUT2D eigenvalue weighted by molar-refractivity contribution is 5.97. The van der Waals surface area contributed by atoms with Crippen molar-refractivity contribution < 1.29 is 14.7 Å². The summed E-state index contributed by atoms with van der Waals surface area (Å²) in [6.45, 7) is 0. The lowest BCUT2D eigenvalue weighted by molar-refractivity contribution is -0.105. The second kappa shape index (κ2) is 4.39. The summed E-state index contributed by atoms with van der Waals surface area (Å²) >= 11 is 0. The summed E-state index contributed by atoms with van der Waals surface area (Å²) in [4.78, 5) is 21.3. The highest BCUT2D eigenvalue weighted by Crippen LogP contribution is 2.22. The Morgan fingerprint density at radius 3 is 2.88 bits per heavy atom. The van der Waals surface area contributed by atoms with E-state index in [4.69, 9.17) is 5.11 Å². The van der Waals surface area contributed by atoms with Crippen LogP contribution in [-0.2, 0) is 4.79 Å². The summed E-state index contributed by atoms with van der Waals surface area (Å²) in [5.74, 6) is -0.815. The van der Waals surface area contributed by atoms with E-state index in [1.54, 1.807) is 0 Å². The molecular weight excluding hydrogens is 226 g/mol. The van der Waals surface area contributed by atoms with Crippen LogP contribution in [0.4, 0.5) is 5.69 Å². The van der Waals surface area contributed by atoms with Gasteiger partial charge in [-0.2, -0.15) is 5.21 Å². The van der Waals surface area contributed by atoms with Crippen LogP contribution in [-0.4, -0.2) is 38.1 Å². The Kier molecular flexibility index (Phi) is 2.77. The lowest BCUT2D eigenvalue weighted by atomic mass is 10.1. The molecule has 8 heteroatoms. The van der Waals surface area contributed by atoms with E-state index >= 15 is 0 Å². The van der Waals surface area contributed by atoms with Gasteiger partial charge in [-0.3, -0.25) is 4.79 Å². The highest BCUT2D eigenvalue weighted by atomic mass is 16.4. The number of nitrogens with one attached hydrogen (secondary N) is 2. The highest BCUT2D eigenvalue weighted by Gasteiger charge is 2.12. The summed E-state index contributed by atoms with van der Waals surface area (Å²) < 4.78 is 0. The molecule has 8 nitrogen and oxygen atoms in total. The number of aromatic nitrogens is 4. The summed E-state index contributed by atoms with van der Waals surface area (Å²) in [6, 6.07) is 4.35. The van der Waals surface area contributed by atoms with Crippen molar-refractivity contribution in [3.8, 4) is 11.4 Å². The van der Waals surface area contributed by atoms with Gasteiger partial charge in [0, 0.05) is 5.56 Å². The topological polar surface area (TPSA) is 121 Å². The minimum atomic E-state index is -1.13. The van der Waals surface area contributed by atoms with Crippen LogP contribution in [0, 0.1) is 0 Å². The lowest BCUT2D eigenvalue weighted by Crippen LogP contribution is -2.04. The van der Waals surface area contributed by atoms with E-state index in [0.29, 0.717) is 17.8 Å². The van der Waals surface area contributed by atoms with Crippen molar-refractivity contribution in [1.29, 1.82) is 0 Å². The zero-order valence-electron chi connectivity index (χ0n) is 8.41. The molecule has 0 saturated carbocycles. The Bertz CT molecular complexity index is 552.